The minimum Gasteiger partial charge on any atom is -0.301 e. The van der Waals surface area contributed by atoms with E-state index in [1.807, 2.05) is 18.2 Å². The Hall–Kier alpha value is -0.660. The van der Waals surface area contributed by atoms with Crippen LogP contribution in [0.4, 0.5) is 4.20 Å². The van der Waals surface area contributed by atoms with Gasteiger partial charge in [-0.3, -0.25) is 4.57 Å². The third kappa shape index (κ3) is 3.65. The first-order valence-corrected chi connectivity index (χ1v) is 5.50. The van der Waals surface area contributed by atoms with Crippen LogP contribution in [0.25, 0.3) is 0 Å². The van der Waals surface area contributed by atoms with Crippen molar-refractivity contribution in [2.24, 2.45) is 0 Å². The highest BCUT2D eigenvalue weighted by Gasteiger charge is 2.11. The van der Waals surface area contributed by atoms with E-state index >= 15 is 0 Å². The molecule has 0 heterocycles. The number of hydrogen-bond acceptors (Lipinski definition) is 2. The molecule has 0 aromatic heterocycles. The van der Waals surface area contributed by atoms with Crippen molar-refractivity contribution in [3.63, 3.8) is 0 Å². The summed E-state index contributed by atoms with van der Waals surface area (Å²) in [6.45, 7) is 1.01. The maximum Gasteiger partial charge on any atom is 0.364 e. The minimum atomic E-state index is -3.83. The first-order chi connectivity index (χ1) is 5.58. The normalized spacial score (nSPS) is 15.5. The van der Waals surface area contributed by atoms with Gasteiger partial charge in [0.25, 0.3) is 0 Å². The molecule has 12 heavy (non-hydrogen) atoms. The van der Waals surface area contributed by atoms with Crippen LogP contribution in [-0.2, 0) is 15.7 Å². The highest BCUT2D eigenvalue weighted by atomic mass is 31.2. The Morgan fingerprint density at radius 3 is 2.50 bits per heavy atom. The number of halogens is 1. The zero-order valence-corrected chi connectivity index (χ0v) is 7.63. The van der Waals surface area contributed by atoms with E-state index in [-0.39, 0.29) is 6.61 Å². The van der Waals surface area contributed by atoms with Crippen LogP contribution >= 0.6 is 7.68 Å². The van der Waals surface area contributed by atoms with E-state index in [9.17, 15) is 8.76 Å². The van der Waals surface area contributed by atoms with Crippen LogP contribution in [0.15, 0.2) is 30.3 Å². The fraction of sp³-hybridized carbons (Fsp3) is 0.250. The molecule has 1 aromatic rings. The molecule has 1 unspecified atom stereocenters. The second kappa shape index (κ2) is 3.83. The van der Waals surface area contributed by atoms with E-state index in [0.717, 1.165) is 12.2 Å². The quantitative estimate of drug-likeness (QED) is 0.681. The number of benzene rings is 1. The lowest BCUT2D eigenvalue weighted by molar-refractivity contribution is 0.281. The Morgan fingerprint density at radius 1 is 1.42 bits per heavy atom. The Balaban J connectivity index is 2.50. The van der Waals surface area contributed by atoms with Gasteiger partial charge in [-0.25, -0.2) is 0 Å². The highest BCUT2D eigenvalue weighted by molar-refractivity contribution is 7.52. The molecule has 0 radical (unpaired) electrons. The molecule has 4 heteroatoms. The van der Waals surface area contributed by atoms with Gasteiger partial charge in [0.2, 0.25) is 0 Å². The molecule has 0 bridgehead atoms. The molecule has 0 aliphatic carbocycles. The van der Waals surface area contributed by atoms with Crippen molar-refractivity contribution in [3.8, 4) is 0 Å². The molecule has 0 amide bonds. The molecule has 0 aliphatic rings. The van der Waals surface area contributed by atoms with Gasteiger partial charge in [-0.05, 0) is 5.56 Å². The van der Waals surface area contributed by atoms with Crippen molar-refractivity contribution in [3.05, 3.63) is 35.9 Å². The maximum atomic E-state index is 12.4. The van der Waals surface area contributed by atoms with Crippen LogP contribution in [-0.4, -0.2) is 6.66 Å². The molecule has 0 N–H and O–H groups in total. The van der Waals surface area contributed by atoms with Crippen LogP contribution in [0.3, 0.4) is 0 Å². The van der Waals surface area contributed by atoms with Gasteiger partial charge < -0.3 is 4.52 Å². The smallest absolute Gasteiger partial charge is 0.301 e. The molecule has 1 atom stereocenters. The Bertz CT molecular complexity index is 280. The van der Waals surface area contributed by atoms with Gasteiger partial charge >= 0.3 is 7.68 Å². The molecule has 0 saturated heterocycles. The van der Waals surface area contributed by atoms with E-state index in [4.69, 9.17) is 0 Å². The number of rotatable bonds is 3. The van der Waals surface area contributed by atoms with Gasteiger partial charge in [-0.1, -0.05) is 30.3 Å². The SMILES string of the molecule is CP(=O)(F)OCc1ccccc1. The van der Waals surface area contributed by atoms with Crippen LogP contribution in [0, 0.1) is 0 Å². The second-order valence-electron chi connectivity index (χ2n) is 2.51. The third-order valence-corrected chi connectivity index (χ3v) is 1.89. The number of hydrogen-bond donors (Lipinski definition) is 0. The van der Waals surface area contributed by atoms with E-state index in [1.165, 1.54) is 0 Å². The average Bonchev–Trinajstić information content (AvgIpc) is 2.02. The van der Waals surface area contributed by atoms with Gasteiger partial charge in [-0.2, -0.15) is 4.20 Å². The Morgan fingerprint density at radius 2 is 2.00 bits per heavy atom. The lowest BCUT2D eigenvalue weighted by Gasteiger charge is -2.03. The highest BCUT2D eigenvalue weighted by Crippen LogP contribution is 2.44. The molecule has 2 nitrogen and oxygen atoms in total. The topological polar surface area (TPSA) is 26.3 Å². The van der Waals surface area contributed by atoms with Crippen LogP contribution < -0.4 is 0 Å². The monoisotopic (exact) mass is 188 g/mol. The van der Waals surface area contributed by atoms with Gasteiger partial charge in [0.05, 0.1) is 6.61 Å². The second-order valence-corrected chi connectivity index (χ2v) is 4.26. The van der Waals surface area contributed by atoms with Gasteiger partial charge in [0, 0.05) is 6.66 Å². The molecule has 0 saturated carbocycles. The lowest BCUT2D eigenvalue weighted by Crippen LogP contribution is -1.86. The molecular formula is C8H10FO2P. The molecule has 66 valence electrons. The summed E-state index contributed by atoms with van der Waals surface area (Å²) in [6.07, 6.45) is 0. The summed E-state index contributed by atoms with van der Waals surface area (Å²) in [4.78, 5) is 0. The molecule has 1 rings (SSSR count). The van der Waals surface area contributed by atoms with Crippen LogP contribution in [0.5, 0.6) is 0 Å². The first kappa shape index (κ1) is 9.43. The fourth-order valence-corrected chi connectivity index (χ4v) is 1.14. The fourth-order valence-electron chi connectivity index (χ4n) is 0.764. The molecule has 0 fully saturated rings. The Kier molecular flexibility index (Phi) is 3.01. The van der Waals surface area contributed by atoms with Crippen molar-refractivity contribution in [2.45, 2.75) is 6.61 Å². The summed E-state index contributed by atoms with van der Waals surface area (Å²) in [6, 6.07) is 9.06. The summed E-state index contributed by atoms with van der Waals surface area (Å²) < 4.78 is 27.4. The maximum absolute atomic E-state index is 12.4. The van der Waals surface area contributed by atoms with Crippen LogP contribution in [0.2, 0.25) is 0 Å². The summed E-state index contributed by atoms with van der Waals surface area (Å²) in [5.41, 5.74) is 0.817. The first-order valence-electron chi connectivity index (χ1n) is 3.53. The van der Waals surface area contributed by atoms with Crippen molar-refractivity contribution in [2.75, 3.05) is 6.66 Å². The molecule has 0 aliphatic heterocycles. The van der Waals surface area contributed by atoms with Gasteiger partial charge in [0.1, 0.15) is 0 Å². The lowest BCUT2D eigenvalue weighted by atomic mass is 10.2. The van der Waals surface area contributed by atoms with E-state index in [2.05, 4.69) is 4.52 Å². The summed E-state index contributed by atoms with van der Waals surface area (Å²) >= 11 is 0. The summed E-state index contributed by atoms with van der Waals surface area (Å²) in [5, 5.41) is 0. The third-order valence-electron chi connectivity index (χ3n) is 1.30. The zero-order valence-electron chi connectivity index (χ0n) is 6.74. The van der Waals surface area contributed by atoms with E-state index < -0.39 is 7.68 Å². The predicted molar refractivity (Wildman–Crippen MR) is 45.9 cm³/mol. The van der Waals surface area contributed by atoms with Crippen molar-refractivity contribution in [1.29, 1.82) is 0 Å². The van der Waals surface area contributed by atoms with E-state index in [1.54, 1.807) is 12.1 Å². The average molecular weight is 188 g/mol. The molecular weight excluding hydrogens is 178 g/mol. The summed E-state index contributed by atoms with van der Waals surface area (Å²) in [5.74, 6) is 0. The van der Waals surface area contributed by atoms with Crippen molar-refractivity contribution < 1.29 is 13.3 Å². The van der Waals surface area contributed by atoms with E-state index in [0.29, 0.717) is 0 Å². The Labute approximate surface area is 70.9 Å². The predicted octanol–water partition coefficient (Wildman–Crippen LogP) is 3.00. The minimum absolute atomic E-state index is 0.0606. The summed E-state index contributed by atoms with van der Waals surface area (Å²) in [7, 11) is -3.83. The van der Waals surface area contributed by atoms with Crippen molar-refractivity contribution >= 4 is 7.68 Å². The standard InChI is InChI=1S/C8H10FO2P/c1-12(9,10)11-7-8-5-3-2-4-6-8/h2-6H,7H2,1H3. The molecule has 0 spiro atoms. The van der Waals surface area contributed by atoms with Crippen LogP contribution in [0.1, 0.15) is 5.56 Å². The van der Waals surface area contributed by atoms with Gasteiger partial charge in [0.15, 0.2) is 0 Å². The zero-order chi connectivity index (χ0) is 9.03. The van der Waals surface area contributed by atoms with Gasteiger partial charge in [-0.15, -0.1) is 0 Å². The van der Waals surface area contributed by atoms with Crippen molar-refractivity contribution in [1.82, 2.24) is 0 Å². The molecule has 1 aromatic carbocycles. The largest absolute Gasteiger partial charge is 0.364 e.